The summed E-state index contributed by atoms with van der Waals surface area (Å²) in [6.07, 6.45) is 14.1. The Labute approximate surface area is 205 Å². The maximum Gasteiger partial charge on any atom is 0.261 e. The third-order valence-corrected chi connectivity index (χ3v) is 7.68. The van der Waals surface area contributed by atoms with Crippen LogP contribution in [-0.2, 0) is 6.54 Å². The van der Waals surface area contributed by atoms with Crippen LogP contribution >= 0.6 is 0 Å². The van der Waals surface area contributed by atoms with Gasteiger partial charge < -0.3 is 0 Å². The van der Waals surface area contributed by atoms with Crippen LogP contribution in [0.15, 0.2) is 43.4 Å². The van der Waals surface area contributed by atoms with Gasteiger partial charge in [-0.15, -0.1) is 0 Å². The molecule has 0 bridgehead atoms. The second-order valence-corrected chi connectivity index (χ2v) is 10.2. The first kappa shape index (κ1) is 25.3. The van der Waals surface area contributed by atoms with E-state index in [1.54, 1.807) is 24.3 Å². The molecule has 1 atom stereocenters. The highest BCUT2D eigenvalue weighted by molar-refractivity contribution is 6.23. The van der Waals surface area contributed by atoms with Crippen LogP contribution in [0.3, 0.4) is 0 Å². The molecule has 4 aromatic rings. The number of hydrogen-bond acceptors (Lipinski definition) is 4. The summed E-state index contributed by atoms with van der Waals surface area (Å²) in [5, 5.41) is 2.40. The van der Waals surface area contributed by atoms with E-state index in [1.165, 1.54) is 55.9 Å². The molecule has 1 heterocycles. The zero-order valence-electron chi connectivity index (χ0n) is 21.2. The van der Waals surface area contributed by atoms with Crippen molar-refractivity contribution in [3.05, 3.63) is 65.4 Å². The SMILES string of the molecule is CCCCCCCCC(CCCCCC)Cn1c(=O)c2ccc3c(=O)c(=O)c4ccc(c1=O)c2c34. The molecule has 3 aromatic carbocycles. The van der Waals surface area contributed by atoms with Crippen molar-refractivity contribution < 1.29 is 0 Å². The number of nitrogens with zero attached hydrogens (tertiary/aromatic N) is 1. The normalized spacial score (nSPS) is 13.0. The van der Waals surface area contributed by atoms with E-state index in [1.807, 2.05) is 0 Å². The molecule has 1 aromatic heterocycles. The molecule has 5 heteroatoms. The van der Waals surface area contributed by atoms with E-state index < -0.39 is 10.9 Å². The summed E-state index contributed by atoms with van der Waals surface area (Å²) in [4.78, 5) is 51.8. The van der Waals surface area contributed by atoms with Crippen molar-refractivity contribution in [2.24, 2.45) is 5.92 Å². The lowest BCUT2D eigenvalue weighted by Crippen LogP contribution is -2.35. The van der Waals surface area contributed by atoms with Crippen molar-refractivity contribution in [1.29, 1.82) is 0 Å². The van der Waals surface area contributed by atoms with Crippen LogP contribution in [0.5, 0.6) is 0 Å². The summed E-state index contributed by atoms with van der Waals surface area (Å²) < 4.78 is 1.42. The van der Waals surface area contributed by atoms with E-state index in [2.05, 4.69) is 13.8 Å². The fourth-order valence-corrected chi connectivity index (χ4v) is 5.68. The zero-order valence-corrected chi connectivity index (χ0v) is 21.2. The molecule has 0 spiro atoms. The lowest BCUT2D eigenvalue weighted by atomic mass is 9.93. The predicted octanol–water partition coefficient (Wildman–Crippen LogP) is 6.04. The molecule has 0 fully saturated rings. The van der Waals surface area contributed by atoms with Crippen LogP contribution in [0, 0.1) is 5.92 Å². The van der Waals surface area contributed by atoms with Gasteiger partial charge in [0, 0.05) is 38.9 Å². The molecule has 1 unspecified atom stereocenters. The minimum absolute atomic E-state index is 0.292. The average molecular weight is 476 g/mol. The molecule has 0 saturated heterocycles. The van der Waals surface area contributed by atoms with Crippen LogP contribution in [0.1, 0.15) is 90.9 Å². The Morgan fingerprint density at radius 1 is 0.571 bits per heavy atom. The summed E-state index contributed by atoms with van der Waals surface area (Å²) in [6, 6.07) is 6.38. The van der Waals surface area contributed by atoms with E-state index in [0.717, 1.165) is 25.7 Å². The Bertz CT molecular complexity index is 1400. The number of pyridine rings is 1. The van der Waals surface area contributed by atoms with Crippen LogP contribution in [0.25, 0.3) is 32.3 Å². The van der Waals surface area contributed by atoms with Crippen LogP contribution in [-0.4, -0.2) is 4.57 Å². The standard InChI is InChI=1S/C30H37NO4/c1-3-5-7-9-10-12-14-20(13-11-8-6-4-2)19-31-29(34)23-17-15-21-25-22(28(33)27(21)32)16-18-24(26(23)25)30(31)35/h15-18,20H,3-14,19H2,1-2H3. The molecule has 0 aliphatic rings. The van der Waals surface area contributed by atoms with Gasteiger partial charge in [-0.25, -0.2) is 0 Å². The van der Waals surface area contributed by atoms with Crippen LogP contribution < -0.4 is 22.0 Å². The second-order valence-electron chi connectivity index (χ2n) is 10.2. The van der Waals surface area contributed by atoms with Gasteiger partial charge in [-0.1, -0.05) is 78.1 Å². The molecule has 5 nitrogen and oxygen atoms in total. The van der Waals surface area contributed by atoms with Crippen molar-refractivity contribution in [1.82, 2.24) is 4.57 Å². The monoisotopic (exact) mass is 475 g/mol. The molecule has 4 rings (SSSR count). The largest absolute Gasteiger partial charge is 0.285 e. The molecule has 0 aliphatic heterocycles. The minimum atomic E-state index is -0.558. The number of benzene rings is 2. The number of hydrogen-bond donors (Lipinski definition) is 0. The number of rotatable bonds is 14. The number of aromatic nitrogens is 1. The smallest absolute Gasteiger partial charge is 0.261 e. The lowest BCUT2D eigenvalue weighted by Gasteiger charge is -2.19. The molecular formula is C30H37NO4. The summed E-state index contributed by atoms with van der Waals surface area (Å²) in [5.41, 5.74) is -1.73. The van der Waals surface area contributed by atoms with Crippen molar-refractivity contribution in [2.45, 2.75) is 97.4 Å². The summed E-state index contributed by atoms with van der Waals surface area (Å²) in [6.45, 7) is 4.85. The summed E-state index contributed by atoms with van der Waals surface area (Å²) in [7, 11) is 0. The second kappa shape index (κ2) is 11.3. The molecule has 0 saturated carbocycles. The van der Waals surface area contributed by atoms with Gasteiger partial charge in [0.1, 0.15) is 0 Å². The maximum atomic E-state index is 13.5. The zero-order chi connectivity index (χ0) is 24.9. The van der Waals surface area contributed by atoms with Crippen molar-refractivity contribution in [3.8, 4) is 0 Å². The van der Waals surface area contributed by atoms with E-state index in [4.69, 9.17) is 0 Å². The van der Waals surface area contributed by atoms with E-state index in [-0.39, 0.29) is 11.1 Å². The predicted molar refractivity (Wildman–Crippen MR) is 146 cm³/mol. The first-order valence-corrected chi connectivity index (χ1v) is 13.5. The third kappa shape index (κ3) is 4.96. The van der Waals surface area contributed by atoms with Crippen LogP contribution in [0.2, 0.25) is 0 Å². The molecule has 0 aliphatic carbocycles. The van der Waals surface area contributed by atoms with Gasteiger partial charge >= 0.3 is 0 Å². The first-order valence-electron chi connectivity index (χ1n) is 13.5. The average Bonchev–Trinajstić information content (AvgIpc) is 3.11. The fourth-order valence-electron chi connectivity index (χ4n) is 5.68. The molecule has 0 N–H and O–H groups in total. The van der Waals surface area contributed by atoms with Gasteiger partial charge in [-0.05, 0) is 43.0 Å². The molecule has 0 radical (unpaired) electrons. The van der Waals surface area contributed by atoms with Gasteiger partial charge in [0.2, 0.25) is 10.9 Å². The van der Waals surface area contributed by atoms with Crippen molar-refractivity contribution in [2.75, 3.05) is 0 Å². The maximum absolute atomic E-state index is 13.5. The van der Waals surface area contributed by atoms with Gasteiger partial charge in [-0.2, -0.15) is 0 Å². The van der Waals surface area contributed by atoms with Gasteiger partial charge in [0.25, 0.3) is 11.1 Å². The van der Waals surface area contributed by atoms with Gasteiger partial charge in [0.05, 0.1) is 0 Å². The van der Waals surface area contributed by atoms with Crippen LogP contribution in [0.4, 0.5) is 0 Å². The van der Waals surface area contributed by atoms with E-state index in [9.17, 15) is 19.2 Å². The van der Waals surface area contributed by atoms with E-state index >= 15 is 0 Å². The molecule has 0 amide bonds. The highest BCUT2D eigenvalue weighted by Gasteiger charge is 2.22. The Hall–Kier alpha value is -2.82. The highest BCUT2D eigenvalue weighted by atomic mass is 16.2. The molecular weight excluding hydrogens is 438 g/mol. The highest BCUT2D eigenvalue weighted by Crippen LogP contribution is 2.29. The topological polar surface area (TPSA) is 73.2 Å². The Balaban J connectivity index is 1.66. The molecule has 186 valence electrons. The van der Waals surface area contributed by atoms with Gasteiger partial charge in [-0.3, -0.25) is 23.7 Å². The molecule has 35 heavy (non-hydrogen) atoms. The Morgan fingerprint density at radius 2 is 0.971 bits per heavy atom. The lowest BCUT2D eigenvalue weighted by molar-refractivity contribution is 0.351. The third-order valence-electron chi connectivity index (χ3n) is 7.68. The first-order chi connectivity index (χ1) is 17.0. The minimum Gasteiger partial charge on any atom is -0.285 e. The summed E-state index contributed by atoms with van der Waals surface area (Å²) in [5.74, 6) is 0.292. The van der Waals surface area contributed by atoms with E-state index in [0.29, 0.717) is 44.8 Å². The summed E-state index contributed by atoms with van der Waals surface area (Å²) >= 11 is 0. The fraction of sp³-hybridized carbons (Fsp3) is 0.533. The number of unbranched alkanes of at least 4 members (excludes halogenated alkanes) is 8. The van der Waals surface area contributed by atoms with Crippen molar-refractivity contribution >= 4 is 32.3 Å². The quantitative estimate of drug-likeness (QED) is 0.165. The van der Waals surface area contributed by atoms with Gasteiger partial charge in [0.15, 0.2) is 0 Å². The Kier molecular flexibility index (Phi) is 8.15. The van der Waals surface area contributed by atoms with Crippen molar-refractivity contribution in [3.63, 3.8) is 0 Å². The Morgan fingerprint density at radius 3 is 1.49 bits per heavy atom.